The molecule has 0 saturated carbocycles. The number of carbonyl (C=O) groups excluding carboxylic acids is 3. The molecule has 4 N–H and O–H groups in total. The number of aromatic nitrogens is 1. The number of hydrazine groups is 1. The van der Waals surface area contributed by atoms with Crippen molar-refractivity contribution in [1.82, 2.24) is 30.1 Å². The number of aliphatic hydroxyl groups is 1. The van der Waals surface area contributed by atoms with E-state index in [1.165, 1.54) is 16.3 Å². The zero-order valence-corrected chi connectivity index (χ0v) is 25.9. The lowest BCUT2D eigenvalue weighted by molar-refractivity contribution is -0.157. The second-order valence-corrected chi connectivity index (χ2v) is 12.4. The summed E-state index contributed by atoms with van der Waals surface area (Å²) < 4.78 is 6.43. The van der Waals surface area contributed by atoms with E-state index in [4.69, 9.17) is 15.6 Å². The zero-order chi connectivity index (χ0) is 31.5. The molecule has 4 amide bonds. The molecule has 3 aliphatic rings. The van der Waals surface area contributed by atoms with Crippen molar-refractivity contribution < 1.29 is 24.2 Å². The van der Waals surface area contributed by atoms with E-state index in [0.717, 1.165) is 39.8 Å². The summed E-state index contributed by atoms with van der Waals surface area (Å²) >= 11 is 1.39. The van der Waals surface area contributed by atoms with Gasteiger partial charge in [-0.1, -0.05) is 53.8 Å². The van der Waals surface area contributed by atoms with Crippen LogP contribution >= 0.6 is 11.3 Å². The Kier molecular flexibility index (Phi) is 9.01. The van der Waals surface area contributed by atoms with Crippen LogP contribution in [0.25, 0.3) is 10.2 Å². The van der Waals surface area contributed by atoms with Crippen molar-refractivity contribution in [2.45, 2.75) is 38.0 Å². The predicted octanol–water partition coefficient (Wildman–Crippen LogP) is 2.51. The van der Waals surface area contributed by atoms with Crippen molar-refractivity contribution in [2.75, 3.05) is 45.6 Å². The molecule has 2 saturated heterocycles. The number of hydrogen-bond acceptors (Lipinski definition) is 9. The van der Waals surface area contributed by atoms with Crippen LogP contribution in [0.3, 0.4) is 0 Å². The third-order valence-electron chi connectivity index (χ3n) is 8.35. The van der Waals surface area contributed by atoms with Gasteiger partial charge >= 0.3 is 6.03 Å². The summed E-state index contributed by atoms with van der Waals surface area (Å²) in [6.07, 6.45) is 7.90. The van der Waals surface area contributed by atoms with Crippen LogP contribution in [0.4, 0.5) is 9.93 Å². The number of rotatable bonds is 10. The minimum Gasteiger partial charge on any atom is -0.491 e. The molecule has 13 heteroatoms. The molecule has 45 heavy (non-hydrogen) atoms. The Labute approximate surface area is 265 Å². The molecule has 3 heterocycles. The Morgan fingerprint density at radius 3 is 2.78 bits per heavy atom. The van der Waals surface area contributed by atoms with Gasteiger partial charge in [0.25, 0.3) is 0 Å². The summed E-state index contributed by atoms with van der Waals surface area (Å²) in [7, 11) is 1.65. The second kappa shape index (κ2) is 13.3. The Bertz CT molecular complexity index is 1640. The molecule has 0 bridgehead atoms. The number of urea groups is 1. The summed E-state index contributed by atoms with van der Waals surface area (Å²) in [5, 5.41) is 15.7. The van der Waals surface area contributed by atoms with E-state index in [2.05, 4.69) is 22.5 Å². The number of fused-ring (bicyclic) bond motifs is 2. The Hall–Kier alpha value is -4.46. The number of benzene rings is 2. The van der Waals surface area contributed by atoms with Crippen LogP contribution in [0, 0.1) is 0 Å². The van der Waals surface area contributed by atoms with Crippen molar-refractivity contribution in [3.8, 4) is 5.75 Å². The van der Waals surface area contributed by atoms with E-state index in [1.54, 1.807) is 34.0 Å². The number of nitrogens with one attached hydrogen (secondary N) is 1. The quantitative estimate of drug-likeness (QED) is 0.310. The molecule has 2 fully saturated rings. The van der Waals surface area contributed by atoms with Crippen molar-refractivity contribution in [2.24, 2.45) is 0 Å². The lowest BCUT2D eigenvalue weighted by atomic mass is 9.99. The molecule has 236 valence electrons. The third-order valence-corrected chi connectivity index (χ3v) is 9.20. The van der Waals surface area contributed by atoms with Gasteiger partial charge in [-0.15, -0.1) is 0 Å². The van der Waals surface area contributed by atoms with Crippen molar-refractivity contribution in [3.63, 3.8) is 0 Å². The molecule has 1 aliphatic carbocycles. The number of anilines is 1. The highest BCUT2D eigenvalue weighted by atomic mass is 32.1. The molecule has 6 rings (SSSR count). The van der Waals surface area contributed by atoms with Gasteiger partial charge < -0.3 is 30.7 Å². The van der Waals surface area contributed by atoms with Gasteiger partial charge in [0.1, 0.15) is 24.6 Å². The van der Waals surface area contributed by atoms with E-state index in [1.807, 2.05) is 36.4 Å². The first-order valence-electron chi connectivity index (χ1n) is 15.0. The smallest absolute Gasteiger partial charge is 0.332 e. The number of hydrogen-bond donors (Lipinski definition) is 3. The fraction of sp³-hybridized carbons (Fsp3) is 0.375. The molecular weight excluding hydrogens is 594 g/mol. The molecule has 0 radical (unpaired) electrons. The molecule has 3 aromatic rings. The van der Waals surface area contributed by atoms with Crippen LogP contribution in [0.1, 0.15) is 24.0 Å². The normalized spacial score (nSPS) is 20.0. The minimum atomic E-state index is -0.779. The number of carbonyl (C=O) groups is 3. The van der Waals surface area contributed by atoms with Crippen LogP contribution in [0.15, 0.2) is 66.3 Å². The largest absolute Gasteiger partial charge is 0.491 e. The summed E-state index contributed by atoms with van der Waals surface area (Å²) in [6, 6.07) is 12.0. The van der Waals surface area contributed by atoms with Gasteiger partial charge in [-0.25, -0.2) is 9.78 Å². The Morgan fingerprint density at radius 2 is 2.02 bits per heavy atom. The molecule has 1 aromatic heterocycles. The SMILES string of the molecule is CN(C(=O)NCC1=CCCC=C1)N1CC(=O)N2C1CN(Cc1cccc3sc(N)nc13)C(=O)[C@@H]2Cc1ccc(OCCO)cc1. The minimum absolute atomic E-state index is 0.0268. The maximum absolute atomic E-state index is 14.2. The van der Waals surface area contributed by atoms with Gasteiger partial charge in [-0.05, 0) is 47.7 Å². The molecule has 0 spiro atoms. The topological polar surface area (TPSA) is 145 Å². The number of allylic oxidation sites excluding steroid dienone is 2. The van der Waals surface area contributed by atoms with E-state index in [0.29, 0.717) is 17.4 Å². The molecule has 1 unspecified atom stereocenters. The summed E-state index contributed by atoms with van der Waals surface area (Å²) in [5.74, 6) is 0.215. The summed E-state index contributed by atoms with van der Waals surface area (Å²) in [5.41, 5.74) is 9.52. The van der Waals surface area contributed by atoms with Crippen LogP contribution < -0.4 is 15.8 Å². The number of nitrogens with two attached hydrogens (primary N) is 1. The first-order valence-corrected chi connectivity index (χ1v) is 15.8. The summed E-state index contributed by atoms with van der Waals surface area (Å²) in [6.45, 7) is 0.958. The average Bonchev–Trinajstić information content (AvgIpc) is 3.60. The number of ether oxygens (including phenoxy) is 1. The highest BCUT2D eigenvalue weighted by Crippen LogP contribution is 2.32. The third kappa shape index (κ3) is 6.51. The lowest BCUT2D eigenvalue weighted by Gasteiger charge is -2.45. The first-order chi connectivity index (χ1) is 21.8. The van der Waals surface area contributed by atoms with Gasteiger partial charge in [0, 0.05) is 26.6 Å². The van der Waals surface area contributed by atoms with Crippen LogP contribution in [-0.2, 0) is 22.6 Å². The van der Waals surface area contributed by atoms with Gasteiger partial charge in [0.15, 0.2) is 5.13 Å². The monoisotopic (exact) mass is 631 g/mol. The standard InChI is InChI=1S/C32H37N7O5S/c1-36(32(43)34-17-22-6-3-2-4-7-22)38-20-28(41)39-25(16-21-10-12-24(13-11-21)44-15-14-40)30(42)37(19-27(38)39)18-23-8-5-9-26-29(23)35-31(33)45-26/h3,5-13,25,27,40H,2,4,14-20H2,1H3,(H2,33,35)(H,34,43)/t25-,27?/m0/s1. The van der Waals surface area contributed by atoms with Crippen molar-refractivity contribution in [1.29, 1.82) is 0 Å². The number of thiazole rings is 1. The number of para-hydroxylation sites is 1. The van der Waals surface area contributed by atoms with Gasteiger partial charge in [-0.3, -0.25) is 14.6 Å². The highest BCUT2D eigenvalue weighted by Gasteiger charge is 2.51. The highest BCUT2D eigenvalue weighted by molar-refractivity contribution is 7.22. The molecular formula is C32H37N7O5S. The maximum atomic E-state index is 14.2. The van der Waals surface area contributed by atoms with Gasteiger partial charge in [0.05, 0.1) is 29.9 Å². The molecule has 12 nitrogen and oxygen atoms in total. The zero-order valence-electron chi connectivity index (χ0n) is 25.1. The van der Waals surface area contributed by atoms with Gasteiger partial charge in [-0.2, -0.15) is 5.01 Å². The fourth-order valence-corrected chi connectivity index (χ4v) is 6.90. The molecule has 2 aliphatic heterocycles. The first kappa shape index (κ1) is 30.6. The lowest BCUT2D eigenvalue weighted by Crippen LogP contribution is -2.65. The number of nitrogens with zero attached hydrogens (tertiary/aromatic N) is 5. The predicted molar refractivity (Wildman–Crippen MR) is 171 cm³/mol. The van der Waals surface area contributed by atoms with Crippen LogP contribution in [-0.4, -0.2) is 99.9 Å². The second-order valence-electron chi connectivity index (χ2n) is 11.3. The number of aliphatic hydroxyl groups excluding tert-OH is 1. The fourth-order valence-electron chi connectivity index (χ4n) is 6.12. The van der Waals surface area contributed by atoms with E-state index < -0.39 is 12.2 Å². The molecule has 2 aromatic carbocycles. The van der Waals surface area contributed by atoms with Crippen LogP contribution in [0.5, 0.6) is 5.75 Å². The molecule has 2 atom stereocenters. The van der Waals surface area contributed by atoms with Crippen molar-refractivity contribution in [3.05, 3.63) is 77.4 Å². The number of nitrogen functional groups attached to an aromatic ring is 1. The van der Waals surface area contributed by atoms with E-state index in [-0.39, 0.29) is 57.1 Å². The van der Waals surface area contributed by atoms with Gasteiger partial charge in [0.2, 0.25) is 11.8 Å². The maximum Gasteiger partial charge on any atom is 0.332 e. The summed E-state index contributed by atoms with van der Waals surface area (Å²) in [4.78, 5) is 48.9. The average molecular weight is 632 g/mol. The van der Waals surface area contributed by atoms with E-state index >= 15 is 0 Å². The van der Waals surface area contributed by atoms with E-state index in [9.17, 15) is 14.4 Å². The Morgan fingerprint density at radius 1 is 1.20 bits per heavy atom. The Balaban J connectivity index is 1.26. The number of piperazine rings is 1. The number of amides is 4. The van der Waals surface area contributed by atoms with Crippen molar-refractivity contribution >= 4 is 44.5 Å². The van der Waals surface area contributed by atoms with Crippen LogP contribution in [0.2, 0.25) is 0 Å².